The standard InChI is InChI=1S/C19H15NO7S/c1-13-11-15(7-8-17(13)20(22)23)27-19(21)18-14(9-10-26-18)12-28(24,25)16-5-3-2-4-6-16/h2-11H,12H2,1H3. The van der Waals surface area contributed by atoms with Crippen LogP contribution in [0.5, 0.6) is 5.75 Å². The maximum atomic E-state index is 12.5. The summed E-state index contributed by atoms with van der Waals surface area (Å²) in [6, 6.07) is 13.1. The minimum absolute atomic E-state index is 0.0846. The average Bonchev–Trinajstić information content (AvgIpc) is 3.09. The Balaban J connectivity index is 1.81. The largest absolute Gasteiger partial charge is 0.457 e. The van der Waals surface area contributed by atoms with Crippen molar-refractivity contribution in [1.82, 2.24) is 0 Å². The third-order valence-corrected chi connectivity index (χ3v) is 5.64. The van der Waals surface area contributed by atoms with E-state index in [1.54, 1.807) is 18.2 Å². The number of hydrogen-bond donors (Lipinski definition) is 0. The molecule has 2 aromatic carbocycles. The number of furan rings is 1. The minimum atomic E-state index is -3.68. The second-order valence-electron chi connectivity index (χ2n) is 5.94. The van der Waals surface area contributed by atoms with Crippen molar-refractivity contribution in [3.63, 3.8) is 0 Å². The summed E-state index contributed by atoms with van der Waals surface area (Å²) in [6.45, 7) is 1.51. The van der Waals surface area contributed by atoms with Gasteiger partial charge in [-0.3, -0.25) is 10.1 Å². The quantitative estimate of drug-likeness (QED) is 0.268. The van der Waals surface area contributed by atoms with Crippen molar-refractivity contribution in [2.45, 2.75) is 17.6 Å². The number of hydrogen-bond acceptors (Lipinski definition) is 7. The Kier molecular flexibility index (Phi) is 5.27. The third kappa shape index (κ3) is 4.09. The Bertz CT molecular complexity index is 1130. The second-order valence-corrected chi connectivity index (χ2v) is 7.93. The first-order chi connectivity index (χ1) is 13.3. The van der Waals surface area contributed by atoms with E-state index in [0.717, 1.165) is 0 Å². The van der Waals surface area contributed by atoms with Crippen LogP contribution in [0.1, 0.15) is 21.7 Å². The SMILES string of the molecule is Cc1cc(OC(=O)c2occc2CS(=O)(=O)c2ccccc2)ccc1[N+](=O)[O-]. The van der Waals surface area contributed by atoms with E-state index in [2.05, 4.69) is 0 Å². The second kappa shape index (κ2) is 7.65. The predicted molar refractivity (Wildman–Crippen MR) is 98.8 cm³/mol. The Morgan fingerprint density at radius 1 is 1.14 bits per heavy atom. The molecule has 9 heteroatoms. The van der Waals surface area contributed by atoms with Crippen molar-refractivity contribution in [1.29, 1.82) is 0 Å². The van der Waals surface area contributed by atoms with Crippen molar-refractivity contribution >= 4 is 21.5 Å². The van der Waals surface area contributed by atoms with Gasteiger partial charge in [0, 0.05) is 17.2 Å². The molecule has 0 aliphatic heterocycles. The highest BCUT2D eigenvalue weighted by Gasteiger charge is 2.24. The van der Waals surface area contributed by atoms with Crippen LogP contribution in [0.15, 0.2) is 70.2 Å². The summed E-state index contributed by atoms with van der Waals surface area (Å²) >= 11 is 0. The number of carbonyl (C=O) groups is 1. The molecule has 1 heterocycles. The highest BCUT2D eigenvalue weighted by atomic mass is 32.2. The highest BCUT2D eigenvalue weighted by molar-refractivity contribution is 7.90. The van der Waals surface area contributed by atoms with Crippen molar-refractivity contribution in [2.24, 2.45) is 0 Å². The van der Waals surface area contributed by atoms with Gasteiger partial charge in [0.15, 0.2) is 9.84 Å². The molecule has 28 heavy (non-hydrogen) atoms. The van der Waals surface area contributed by atoms with Crippen molar-refractivity contribution in [3.8, 4) is 5.75 Å². The van der Waals surface area contributed by atoms with Crippen LogP contribution in [0.2, 0.25) is 0 Å². The Morgan fingerprint density at radius 2 is 1.86 bits per heavy atom. The summed E-state index contributed by atoms with van der Waals surface area (Å²) in [5, 5.41) is 10.9. The fourth-order valence-corrected chi connectivity index (χ4v) is 3.97. The van der Waals surface area contributed by atoms with Gasteiger partial charge in [0.25, 0.3) is 5.69 Å². The Morgan fingerprint density at radius 3 is 2.50 bits per heavy atom. The molecule has 0 saturated carbocycles. The molecule has 0 saturated heterocycles. The van der Waals surface area contributed by atoms with Gasteiger partial charge in [-0.15, -0.1) is 0 Å². The van der Waals surface area contributed by atoms with E-state index in [1.165, 1.54) is 49.6 Å². The number of sulfone groups is 1. The first kappa shape index (κ1) is 19.3. The molecule has 0 aliphatic rings. The number of nitrogens with zero attached hydrogens (tertiary/aromatic N) is 1. The lowest BCUT2D eigenvalue weighted by Gasteiger charge is -2.07. The number of carbonyl (C=O) groups excluding carboxylic acids is 1. The van der Waals surface area contributed by atoms with Gasteiger partial charge in [0.2, 0.25) is 5.76 Å². The summed E-state index contributed by atoms with van der Waals surface area (Å²) < 4.78 is 35.4. The lowest BCUT2D eigenvalue weighted by atomic mass is 10.2. The van der Waals surface area contributed by atoms with Crippen molar-refractivity contribution < 1.29 is 27.3 Å². The maximum absolute atomic E-state index is 12.5. The smallest absolute Gasteiger partial charge is 0.379 e. The van der Waals surface area contributed by atoms with Gasteiger partial charge in [-0.25, -0.2) is 13.2 Å². The van der Waals surface area contributed by atoms with Crippen LogP contribution in [-0.4, -0.2) is 19.3 Å². The van der Waals surface area contributed by atoms with E-state index < -0.39 is 26.5 Å². The molecule has 0 atom stereocenters. The van der Waals surface area contributed by atoms with Gasteiger partial charge in [0.05, 0.1) is 21.8 Å². The maximum Gasteiger partial charge on any atom is 0.379 e. The van der Waals surface area contributed by atoms with E-state index in [9.17, 15) is 23.3 Å². The van der Waals surface area contributed by atoms with Gasteiger partial charge in [-0.1, -0.05) is 18.2 Å². The van der Waals surface area contributed by atoms with Crippen molar-refractivity contribution in [3.05, 3.63) is 87.9 Å². The number of rotatable bonds is 6. The number of esters is 1. The molecule has 3 rings (SSSR count). The Labute approximate surface area is 160 Å². The summed E-state index contributed by atoms with van der Waals surface area (Å²) in [6.07, 6.45) is 1.20. The van der Waals surface area contributed by atoms with Crippen LogP contribution < -0.4 is 4.74 Å². The Hall–Kier alpha value is -3.46. The molecule has 0 spiro atoms. The molecule has 0 N–H and O–H groups in total. The number of benzene rings is 2. The first-order valence-corrected chi connectivity index (χ1v) is 9.74. The molecular weight excluding hydrogens is 386 g/mol. The molecule has 144 valence electrons. The van der Waals surface area contributed by atoms with Crippen LogP contribution in [0.25, 0.3) is 0 Å². The van der Waals surface area contributed by atoms with Gasteiger partial charge in [-0.2, -0.15) is 0 Å². The van der Waals surface area contributed by atoms with Gasteiger partial charge in [0.1, 0.15) is 5.75 Å². The molecule has 0 fully saturated rings. The normalized spacial score (nSPS) is 11.2. The number of aryl methyl sites for hydroxylation is 1. The third-order valence-electron chi connectivity index (χ3n) is 3.96. The zero-order valence-corrected chi connectivity index (χ0v) is 15.5. The van der Waals surface area contributed by atoms with Crippen LogP contribution in [0, 0.1) is 17.0 Å². The van der Waals surface area contributed by atoms with Crippen LogP contribution in [0.4, 0.5) is 5.69 Å². The fraction of sp³-hybridized carbons (Fsp3) is 0.105. The average molecular weight is 401 g/mol. The summed E-state index contributed by atoms with van der Waals surface area (Å²) in [5.41, 5.74) is 0.376. The molecule has 1 aromatic heterocycles. The molecule has 3 aromatic rings. The molecule has 0 amide bonds. The van der Waals surface area contributed by atoms with E-state index in [1.807, 2.05) is 0 Å². The van der Waals surface area contributed by atoms with Gasteiger partial charge >= 0.3 is 5.97 Å². The zero-order chi connectivity index (χ0) is 20.3. The van der Waals surface area contributed by atoms with Crippen LogP contribution >= 0.6 is 0 Å². The summed E-state index contributed by atoms with van der Waals surface area (Å²) in [4.78, 5) is 22.9. The molecule has 8 nitrogen and oxygen atoms in total. The van der Waals surface area contributed by atoms with E-state index in [-0.39, 0.29) is 27.7 Å². The highest BCUT2D eigenvalue weighted by Crippen LogP contribution is 2.25. The molecular formula is C19H15NO7S. The predicted octanol–water partition coefficient (Wildman–Crippen LogP) is 3.69. The topological polar surface area (TPSA) is 117 Å². The lowest BCUT2D eigenvalue weighted by molar-refractivity contribution is -0.385. The molecule has 0 radical (unpaired) electrons. The van der Waals surface area contributed by atoms with E-state index in [0.29, 0.717) is 5.56 Å². The monoisotopic (exact) mass is 401 g/mol. The van der Waals surface area contributed by atoms with E-state index in [4.69, 9.17) is 9.15 Å². The first-order valence-electron chi connectivity index (χ1n) is 8.09. The minimum Gasteiger partial charge on any atom is -0.457 e. The summed E-state index contributed by atoms with van der Waals surface area (Å²) in [5.74, 6) is -1.48. The number of ether oxygens (including phenoxy) is 1. The number of nitro benzene ring substituents is 1. The molecule has 0 aliphatic carbocycles. The van der Waals surface area contributed by atoms with Crippen molar-refractivity contribution in [2.75, 3.05) is 0 Å². The number of nitro groups is 1. The molecule has 0 unspecified atom stereocenters. The fourth-order valence-electron chi connectivity index (χ4n) is 2.59. The zero-order valence-electron chi connectivity index (χ0n) is 14.7. The lowest BCUT2D eigenvalue weighted by Crippen LogP contribution is -2.12. The van der Waals surface area contributed by atoms with Crippen LogP contribution in [0.3, 0.4) is 0 Å². The van der Waals surface area contributed by atoms with Gasteiger partial charge < -0.3 is 9.15 Å². The van der Waals surface area contributed by atoms with Crippen LogP contribution in [-0.2, 0) is 15.6 Å². The molecule has 0 bridgehead atoms. The van der Waals surface area contributed by atoms with E-state index >= 15 is 0 Å². The van der Waals surface area contributed by atoms with Gasteiger partial charge in [-0.05, 0) is 37.3 Å². The summed E-state index contributed by atoms with van der Waals surface area (Å²) in [7, 11) is -3.68.